The summed E-state index contributed by atoms with van der Waals surface area (Å²) in [6, 6.07) is 0.977. The van der Waals surface area contributed by atoms with Gasteiger partial charge in [0, 0.05) is 38.8 Å². The lowest BCUT2D eigenvalue weighted by molar-refractivity contribution is -0.0174. The van der Waals surface area contributed by atoms with Crippen LogP contribution in [0.4, 0.5) is 0 Å². The molecule has 21 heavy (non-hydrogen) atoms. The normalized spacial score (nSPS) is 22.4. The first-order valence-electron chi connectivity index (χ1n) is 8.40. The number of hydrogen-bond donors (Lipinski definition) is 2. The molecule has 5 heteroatoms. The highest BCUT2D eigenvalue weighted by atomic mass is 16.5. The third-order valence-electron chi connectivity index (χ3n) is 4.49. The van der Waals surface area contributed by atoms with Crippen LogP contribution in [0.15, 0.2) is 4.99 Å². The average molecular weight is 298 g/mol. The van der Waals surface area contributed by atoms with E-state index in [1.807, 2.05) is 7.05 Å². The van der Waals surface area contributed by atoms with Gasteiger partial charge in [-0.25, -0.2) is 0 Å². The molecule has 1 fully saturated rings. The lowest BCUT2D eigenvalue weighted by Crippen LogP contribution is -2.53. The van der Waals surface area contributed by atoms with Gasteiger partial charge in [0.15, 0.2) is 5.96 Å². The fourth-order valence-electron chi connectivity index (χ4n) is 2.80. The molecule has 0 amide bonds. The molecule has 0 spiro atoms. The van der Waals surface area contributed by atoms with Crippen molar-refractivity contribution in [2.45, 2.75) is 52.6 Å². The van der Waals surface area contributed by atoms with Crippen molar-refractivity contribution in [3.8, 4) is 0 Å². The molecule has 2 N–H and O–H groups in total. The summed E-state index contributed by atoms with van der Waals surface area (Å²) in [5.74, 6) is 1.63. The molecule has 1 saturated heterocycles. The Morgan fingerprint density at radius 2 is 1.95 bits per heavy atom. The van der Waals surface area contributed by atoms with Gasteiger partial charge >= 0.3 is 0 Å². The molecule has 1 heterocycles. The van der Waals surface area contributed by atoms with Crippen molar-refractivity contribution in [3.05, 3.63) is 0 Å². The maximum Gasteiger partial charge on any atom is 0.191 e. The van der Waals surface area contributed by atoms with Crippen molar-refractivity contribution in [2.75, 3.05) is 39.9 Å². The maximum absolute atomic E-state index is 5.50. The van der Waals surface area contributed by atoms with Gasteiger partial charge in [0.05, 0.1) is 13.2 Å². The van der Waals surface area contributed by atoms with Crippen molar-refractivity contribution < 1.29 is 4.74 Å². The van der Waals surface area contributed by atoms with Crippen LogP contribution in [0.25, 0.3) is 0 Å². The van der Waals surface area contributed by atoms with Gasteiger partial charge in [-0.15, -0.1) is 0 Å². The molecule has 0 aliphatic carbocycles. The Labute approximate surface area is 130 Å². The lowest BCUT2D eigenvalue weighted by atomic mass is 10.0. The molecule has 1 aliphatic rings. The zero-order valence-electron chi connectivity index (χ0n) is 14.5. The van der Waals surface area contributed by atoms with Gasteiger partial charge in [-0.3, -0.25) is 9.89 Å². The number of ether oxygens (including phenoxy) is 1. The third kappa shape index (κ3) is 6.22. The SMILES string of the molecule is CCC(CC)CNC(=NC)NCC(C)N1CCOCC1C. The summed E-state index contributed by atoms with van der Waals surface area (Å²) >= 11 is 0. The van der Waals surface area contributed by atoms with E-state index in [1.54, 1.807) is 0 Å². The van der Waals surface area contributed by atoms with Gasteiger partial charge in [-0.2, -0.15) is 0 Å². The van der Waals surface area contributed by atoms with Crippen molar-refractivity contribution >= 4 is 5.96 Å². The fraction of sp³-hybridized carbons (Fsp3) is 0.938. The number of hydrogen-bond acceptors (Lipinski definition) is 3. The van der Waals surface area contributed by atoms with E-state index in [0.29, 0.717) is 12.1 Å². The minimum Gasteiger partial charge on any atom is -0.379 e. The second-order valence-electron chi connectivity index (χ2n) is 6.03. The number of morpholine rings is 1. The summed E-state index contributed by atoms with van der Waals surface area (Å²) in [5.41, 5.74) is 0. The number of aliphatic imine (C=N–C) groups is 1. The van der Waals surface area contributed by atoms with E-state index in [2.05, 4.69) is 48.2 Å². The van der Waals surface area contributed by atoms with Crippen LogP contribution in [-0.4, -0.2) is 62.8 Å². The van der Waals surface area contributed by atoms with Crippen molar-refractivity contribution in [2.24, 2.45) is 10.9 Å². The zero-order valence-corrected chi connectivity index (χ0v) is 14.5. The molecule has 1 aliphatic heterocycles. The van der Waals surface area contributed by atoms with E-state index >= 15 is 0 Å². The fourth-order valence-corrected chi connectivity index (χ4v) is 2.80. The highest BCUT2D eigenvalue weighted by Gasteiger charge is 2.23. The molecule has 2 unspecified atom stereocenters. The Morgan fingerprint density at radius 3 is 2.52 bits per heavy atom. The Kier molecular flexibility index (Phi) is 8.69. The molecule has 0 aromatic carbocycles. The predicted octanol–water partition coefficient (Wildman–Crippen LogP) is 1.70. The molecule has 0 aromatic heterocycles. The highest BCUT2D eigenvalue weighted by molar-refractivity contribution is 5.79. The zero-order chi connectivity index (χ0) is 15.7. The molecule has 124 valence electrons. The molecule has 0 aromatic rings. The Morgan fingerprint density at radius 1 is 1.29 bits per heavy atom. The second kappa shape index (κ2) is 10.0. The van der Waals surface area contributed by atoms with Gasteiger partial charge < -0.3 is 15.4 Å². The van der Waals surface area contributed by atoms with Gasteiger partial charge in [0.2, 0.25) is 0 Å². The van der Waals surface area contributed by atoms with Crippen molar-refractivity contribution in [1.82, 2.24) is 15.5 Å². The van der Waals surface area contributed by atoms with Gasteiger partial charge in [-0.1, -0.05) is 26.7 Å². The molecule has 0 bridgehead atoms. The van der Waals surface area contributed by atoms with Crippen LogP contribution in [0, 0.1) is 5.92 Å². The highest BCUT2D eigenvalue weighted by Crippen LogP contribution is 2.10. The van der Waals surface area contributed by atoms with E-state index in [1.165, 1.54) is 12.8 Å². The summed E-state index contributed by atoms with van der Waals surface area (Å²) in [5, 5.41) is 6.88. The molecule has 0 saturated carbocycles. The second-order valence-corrected chi connectivity index (χ2v) is 6.03. The van der Waals surface area contributed by atoms with E-state index in [4.69, 9.17) is 4.74 Å². The molecular formula is C16H34N4O. The first-order valence-corrected chi connectivity index (χ1v) is 8.40. The van der Waals surface area contributed by atoms with Crippen LogP contribution in [0.2, 0.25) is 0 Å². The Hall–Kier alpha value is -0.810. The van der Waals surface area contributed by atoms with Crippen LogP contribution in [0.1, 0.15) is 40.5 Å². The first kappa shape index (κ1) is 18.2. The van der Waals surface area contributed by atoms with Crippen LogP contribution < -0.4 is 10.6 Å². The summed E-state index contributed by atoms with van der Waals surface area (Å²) in [7, 11) is 1.84. The predicted molar refractivity (Wildman–Crippen MR) is 89.9 cm³/mol. The largest absolute Gasteiger partial charge is 0.379 e. The lowest BCUT2D eigenvalue weighted by Gasteiger charge is -2.38. The van der Waals surface area contributed by atoms with Crippen LogP contribution >= 0.6 is 0 Å². The van der Waals surface area contributed by atoms with Crippen molar-refractivity contribution in [3.63, 3.8) is 0 Å². The van der Waals surface area contributed by atoms with Crippen LogP contribution in [0.5, 0.6) is 0 Å². The van der Waals surface area contributed by atoms with E-state index in [0.717, 1.165) is 44.7 Å². The molecule has 1 rings (SSSR count). The monoisotopic (exact) mass is 298 g/mol. The standard InChI is InChI=1S/C16H34N4O/c1-6-15(7-2)11-19-16(17-5)18-10-13(3)20-8-9-21-12-14(20)4/h13-15H,6-12H2,1-5H3,(H2,17,18,19). The molecule has 2 atom stereocenters. The van der Waals surface area contributed by atoms with E-state index < -0.39 is 0 Å². The number of nitrogens with one attached hydrogen (secondary N) is 2. The van der Waals surface area contributed by atoms with Crippen LogP contribution in [0.3, 0.4) is 0 Å². The summed E-state index contributed by atoms with van der Waals surface area (Å²) in [6.45, 7) is 13.6. The molecular weight excluding hydrogens is 264 g/mol. The van der Waals surface area contributed by atoms with Gasteiger partial charge in [0.1, 0.15) is 0 Å². The van der Waals surface area contributed by atoms with Crippen molar-refractivity contribution in [1.29, 1.82) is 0 Å². The average Bonchev–Trinajstić information content (AvgIpc) is 2.51. The number of nitrogens with zero attached hydrogens (tertiary/aromatic N) is 2. The quantitative estimate of drug-likeness (QED) is 0.555. The summed E-state index contributed by atoms with van der Waals surface area (Å²) in [4.78, 5) is 6.82. The van der Waals surface area contributed by atoms with Gasteiger partial charge in [0.25, 0.3) is 0 Å². The van der Waals surface area contributed by atoms with Gasteiger partial charge in [-0.05, 0) is 19.8 Å². The van der Waals surface area contributed by atoms with Crippen LogP contribution in [-0.2, 0) is 4.74 Å². The minimum atomic E-state index is 0.482. The molecule has 5 nitrogen and oxygen atoms in total. The number of rotatable bonds is 7. The Balaban J connectivity index is 2.33. The van der Waals surface area contributed by atoms with E-state index in [9.17, 15) is 0 Å². The summed E-state index contributed by atoms with van der Waals surface area (Å²) < 4.78 is 5.50. The molecule has 0 radical (unpaired) electrons. The Bertz CT molecular complexity index is 305. The topological polar surface area (TPSA) is 48.9 Å². The maximum atomic E-state index is 5.50. The smallest absolute Gasteiger partial charge is 0.191 e. The third-order valence-corrected chi connectivity index (χ3v) is 4.49. The summed E-state index contributed by atoms with van der Waals surface area (Å²) in [6.07, 6.45) is 2.42. The minimum absolute atomic E-state index is 0.482. The number of guanidine groups is 1. The first-order chi connectivity index (χ1) is 10.1. The van der Waals surface area contributed by atoms with E-state index in [-0.39, 0.29) is 0 Å².